The summed E-state index contributed by atoms with van der Waals surface area (Å²) in [5.41, 5.74) is 2.25. The zero-order chi connectivity index (χ0) is 16.2. The van der Waals surface area contributed by atoms with Crippen molar-refractivity contribution in [3.05, 3.63) is 42.2 Å². The van der Waals surface area contributed by atoms with Gasteiger partial charge in [0.05, 0.1) is 11.7 Å². The van der Waals surface area contributed by atoms with Crippen LogP contribution in [-0.4, -0.2) is 40.4 Å². The molecule has 2 aromatic heterocycles. The van der Waals surface area contributed by atoms with E-state index in [1.807, 2.05) is 55.1 Å². The van der Waals surface area contributed by atoms with Crippen LogP contribution in [0, 0.1) is 6.92 Å². The maximum atomic E-state index is 4.54. The van der Waals surface area contributed by atoms with Crippen LogP contribution in [0.5, 0.6) is 0 Å². The molecular weight excluding hydrogens is 288 g/mol. The van der Waals surface area contributed by atoms with Crippen molar-refractivity contribution in [2.24, 2.45) is 0 Å². The molecule has 0 aliphatic rings. The Morgan fingerprint density at radius 2 is 2.00 bits per heavy atom. The number of para-hydroxylation sites is 1. The molecule has 3 aromatic rings. The number of nitrogens with zero attached hydrogens (tertiary/aromatic N) is 5. The summed E-state index contributed by atoms with van der Waals surface area (Å²) in [6, 6.07) is 8.26. The number of aromatic nitrogens is 4. The Labute approximate surface area is 136 Å². The highest BCUT2D eigenvalue weighted by Gasteiger charge is 2.05. The Hall–Kier alpha value is -2.63. The molecular formula is C17H22N6. The number of nitrogens with one attached hydrogen (secondary N) is 1. The first-order valence-corrected chi connectivity index (χ1v) is 7.80. The SMILES string of the molecule is Cc1cnc(NCCCn2ncc3ccccc32)nc1N(C)C. The molecule has 1 aromatic carbocycles. The van der Waals surface area contributed by atoms with Crippen LogP contribution >= 0.6 is 0 Å². The van der Waals surface area contributed by atoms with Crippen molar-refractivity contribution in [1.29, 1.82) is 0 Å². The monoisotopic (exact) mass is 310 g/mol. The van der Waals surface area contributed by atoms with Gasteiger partial charge in [-0.1, -0.05) is 18.2 Å². The molecule has 1 N–H and O–H groups in total. The van der Waals surface area contributed by atoms with Crippen LogP contribution in [0.3, 0.4) is 0 Å². The van der Waals surface area contributed by atoms with Gasteiger partial charge in [0.15, 0.2) is 0 Å². The number of rotatable bonds is 6. The van der Waals surface area contributed by atoms with Gasteiger partial charge in [-0.2, -0.15) is 10.1 Å². The highest BCUT2D eigenvalue weighted by molar-refractivity contribution is 5.78. The van der Waals surface area contributed by atoms with Gasteiger partial charge in [0.25, 0.3) is 0 Å². The Kier molecular flexibility index (Phi) is 4.41. The summed E-state index contributed by atoms with van der Waals surface area (Å²) in [7, 11) is 3.98. The van der Waals surface area contributed by atoms with Gasteiger partial charge < -0.3 is 10.2 Å². The van der Waals surface area contributed by atoms with Gasteiger partial charge in [-0.15, -0.1) is 0 Å². The molecule has 0 saturated carbocycles. The van der Waals surface area contributed by atoms with E-state index < -0.39 is 0 Å². The molecule has 2 heterocycles. The minimum Gasteiger partial charge on any atom is -0.362 e. The lowest BCUT2D eigenvalue weighted by molar-refractivity contribution is 0.609. The van der Waals surface area contributed by atoms with E-state index in [9.17, 15) is 0 Å². The Morgan fingerprint density at radius 1 is 1.17 bits per heavy atom. The maximum absolute atomic E-state index is 4.54. The minimum atomic E-state index is 0.671. The normalized spacial score (nSPS) is 10.9. The van der Waals surface area contributed by atoms with Crippen molar-refractivity contribution in [2.75, 3.05) is 30.9 Å². The van der Waals surface area contributed by atoms with Crippen LogP contribution in [0.1, 0.15) is 12.0 Å². The highest BCUT2D eigenvalue weighted by atomic mass is 15.3. The molecule has 6 nitrogen and oxygen atoms in total. The van der Waals surface area contributed by atoms with Crippen LogP contribution < -0.4 is 10.2 Å². The average Bonchev–Trinajstić information content (AvgIpc) is 2.96. The first kappa shape index (κ1) is 15.3. The average molecular weight is 310 g/mol. The summed E-state index contributed by atoms with van der Waals surface area (Å²) in [6.07, 6.45) is 4.72. The highest BCUT2D eigenvalue weighted by Crippen LogP contribution is 2.15. The number of hydrogen-bond acceptors (Lipinski definition) is 5. The van der Waals surface area contributed by atoms with Crippen molar-refractivity contribution in [1.82, 2.24) is 19.7 Å². The zero-order valence-corrected chi connectivity index (χ0v) is 13.8. The topological polar surface area (TPSA) is 58.9 Å². The summed E-state index contributed by atoms with van der Waals surface area (Å²) in [5.74, 6) is 1.62. The smallest absolute Gasteiger partial charge is 0.224 e. The first-order valence-electron chi connectivity index (χ1n) is 7.80. The van der Waals surface area contributed by atoms with E-state index in [1.165, 1.54) is 10.9 Å². The molecule has 0 bridgehead atoms. The largest absolute Gasteiger partial charge is 0.362 e. The fourth-order valence-corrected chi connectivity index (χ4v) is 2.60. The molecule has 0 aliphatic heterocycles. The van der Waals surface area contributed by atoms with Gasteiger partial charge in [-0.05, 0) is 19.4 Å². The third-order valence-corrected chi connectivity index (χ3v) is 3.75. The van der Waals surface area contributed by atoms with Crippen LogP contribution in [0.25, 0.3) is 10.9 Å². The third-order valence-electron chi connectivity index (χ3n) is 3.75. The van der Waals surface area contributed by atoms with E-state index in [-0.39, 0.29) is 0 Å². The summed E-state index contributed by atoms with van der Waals surface area (Å²) in [4.78, 5) is 10.9. The zero-order valence-electron chi connectivity index (χ0n) is 13.8. The first-order chi connectivity index (χ1) is 11.1. The summed E-state index contributed by atoms with van der Waals surface area (Å²) >= 11 is 0. The summed E-state index contributed by atoms with van der Waals surface area (Å²) < 4.78 is 2.04. The molecule has 0 atom stereocenters. The molecule has 6 heteroatoms. The summed E-state index contributed by atoms with van der Waals surface area (Å²) in [6.45, 7) is 3.69. The Balaban J connectivity index is 1.57. The van der Waals surface area contributed by atoms with Gasteiger partial charge in [0.1, 0.15) is 5.82 Å². The minimum absolute atomic E-state index is 0.671. The van der Waals surface area contributed by atoms with E-state index in [0.29, 0.717) is 5.95 Å². The Bertz CT molecular complexity index is 793. The lowest BCUT2D eigenvalue weighted by Gasteiger charge is -2.15. The number of aryl methyl sites for hydroxylation is 2. The van der Waals surface area contributed by atoms with Crippen molar-refractivity contribution in [3.63, 3.8) is 0 Å². The second kappa shape index (κ2) is 6.64. The van der Waals surface area contributed by atoms with Gasteiger partial charge >= 0.3 is 0 Å². The van der Waals surface area contributed by atoms with E-state index in [1.54, 1.807) is 0 Å². The molecule has 23 heavy (non-hydrogen) atoms. The van der Waals surface area contributed by atoms with Crippen molar-refractivity contribution in [2.45, 2.75) is 19.9 Å². The number of anilines is 2. The molecule has 0 aliphatic carbocycles. The van der Waals surface area contributed by atoms with Gasteiger partial charge in [-0.3, -0.25) is 4.68 Å². The number of hydrogen-bond donors (Lipinski definition) is 1. The molecule has 0 fully saturated rings. The molecule has 120 valence electrons. The maximum Gasteiger partial charge on any atom is 0.224 e. The summed E-state index contributed by atoms with van der Waals surface area (Å²) in [5, 5.41) is 8.91. The van der Waals surface area contributed by atoms with Crippen molar-refractivity contribution in [3.8, 4) is 0 Å². The molecule has 0 unspecified atom stereocenters. The number of fused-ring (bicyclic) bond motifs is 1. The standard InChI is InChI=1S/C17H22N6/c1-13-11-19-17(21-16(13)22(2)3)18-9-6-10-23-15-8-5-4-7-14(15)12-20-23/h4-5,7-8,11-12H,6,9-10H2,1-3H3,(H,18,19,21). The van der Waals surface area contributed by atoms with Crippen molar-refractivity contribution < 1.29 is 0 Å². The predicted octanol–water partition coefficient (Wildman–Crippen LogP) is 2.70. The predicted molar refractivity (Wildman–Crippen MR) is 93.9 cm³/mol. The van der Waals surface area contributed by atoms with Crippen LogP contribution in [0.15, 0.2) is 36.7 Å². The molecule has 0 saturated heterocycles. The molecule has 0 radical (unpaired) electrons. The molecule has 0 amide bonds. The van der Waals surface area contributed by atoms with Crippen LogP contribution in [-0.2, 0) is 6.54 Å². The lowest BCUT2D eigenvalue weighted by atomic mass is 10.2. The van der Waals surface area contributed by atoms with E-state index in [2.05, 4.69) is 32.5 Å². The van der Waals surface area contributed by atoms with Gasteiger partial charge in [0.2, 0.25) is 5.95 Å². The molecule has 0 spiro atoms. The fraction of sp³-hybridized carbons (Fsp3) is 0.353. The lowest BCUT2D eigenvalue weighted by Crippen LogP contribution is -2.15. The van der Waals surface area contributed by atoms with Gasteiger partial charge in [0, 0.05) is 44.3 Å². The van der Waals surface area contributed by atoms with Crippen LogP contribution in [0.2, 0.25) is 0 Å². The van der Waals surface area contributed by atoms with Crippen LogP contribution in [0.4, 0.5) is 11.8 Å². The van der Waals surface area contributed by atoms with Gasteiger partial charge in [-0.25, -0.2) is 4.98 Å². The third kappa shape index (κ3) is 3.41. The quantitative estimate of drug-likeness (QED) is 0.709. The van der Waals surface area contributed by atoms with Crippen molar-refractivity contribution >= 4 is 22.7 Å². The van der Waals surface area contributed by atoms with E-state index in [4.69, 9.17) is 0 Å². The van der Waals surface area contributed by atoms with E-state index >= 15 is 0 Å². The Morgan fingerprint density at radius 3 is 2.83 bits per heavy atom. The second-order valence-corrected chi connectivity index (χ2v) is 5.80. The van der Waals surface area contributed by atoms with E-state index in [0.717, 1.165) is 30.9 Å². The molecule has 3 rings (SSSR count). The second-order valence-electron chi connectivity index (χ2n) is 5.80. The number of benzene rings is 1. The fourth-order valence-electron chi connectivity index (χ4n) is 2.60.